The summed E-state index contributed by atoms with van der Waals surface area (Å²) >= 11 is 0. The van der Waals surface area contributed by atoms with Crippen molar-refractivity contribution in [1.29, 1.82) is 0 Å². The van der Waals surface area contributed by atoms with Gasteiger partial charge in [0, 0.05) is 6.04 Å². The molecule has 0 bridgehead atoms. The quantitative estimate of drug-likeness (QED) is 0.779. The van der Waals surface area contributed by atoms with Crippen LogP contribution < -0.4 is 14.8 Å². The smallest absolute Gasteiger partial charge is 0.258 e. The summed E-state index contributed by atoms with van der Waals surface area (Å²) in [6, 6.07) is 17.7. The van der Waals surface area contributed by atoms with Crippen LogP contribution in [0.25, 0.3) is 0 Å². The summed E-state index contributed by atoms with van der Waals surface area (Å²) in [5, 5.41) is 3.13. The van der Waals surface area contributed by atoms with Crippen LogP contribution in [0.4, 0.5) is 0 Å². The number of carbonyl (C=O) groups is 1. The van der Waals surface area contributed by atoms with Crippen molar-refractivity contribution in [2.45, 2.75) is 45.8 Å². The molecular weight excluding hydrogens is 338 g/mol. The molecule has 0 spiro atoms. The van der Waals surface area contributed by atoms with Crippen LogP contribution in [0, 0.1) is 11.8 Å². The zero-order valence-corrected chi connectivity index (χ0v) is 16.2. The molecule has 1 aliphatic carbocycles. The molecule has 144 valence electrons. The monoisotopic (exact) mass is 367 g/mol. The first kappa shape index (κ1) is 19.3. The van der Waals surface area contributed by atoms with Crippen LogP contribution in [0.1, 0.15) is 38.7 Å². The van der Waals surface area contributed by atoms with Gasteiger partial charge in [-0.25, -0.2) is 0 Å². The number of amides is 1. The fourth-order valence-corrected chi connectivity index (χ4v) is 3.56. The number of benzene rings is 2. The number of rotatable bonds is 7. The molecule has 4 heteroatoms. The zero-order valence-electron chi connectivity index (χ0n) is 16.2. The molecule has 1 saturated carbocycles. The fraction of sp³-hybridized carbons (Fsp3) is 0.435. The van der Waals surface area contributed by atoms with Crippen LogP contribution in [-0.2, 0) is 11.4 Å². The van der Waals surface area contributed by atoms with E-state index in [2.05, 4.69) is 19.2 Å². The van der Waals surface area contributed by atoms with Gasteiger partial charge in [0.05, 0.1) is 0 Å². The van der Waals surface area contributed by atoms with E-state index < -0.39 is 0 Å². The Labute approximate surface area is 161 Å². The van der Waals surface area contributed by atoms with E-state index in [1.165, 1.54) is 12.8 Å². The molecule has 2 aromatic rings. The molecule has 3 rings (SSSR count). The minimum Gasteiger partial charge on any atom is -0.489 e. The van der Waals surface area contributed by atoms with E-state index in [-0.39, 0.29) is 18.6 Å². The van der Waals surface area contributed by atoms with Crippen molar-refractivity contribution in [2.24, 2.45) is 11.8 Å². The van der Waals surface area contributed by atoms with Crippen molar-refractivity contribution >= 4 is 5.91 Å². The molecule has 1 N–H and O–H groups in total. The van der Waals surface area contributed by atoms with Crippen LogP contribution in [0.2, 0.25) is 0 Å². The number of carbonyl (C=O) groups excluding carboxylic acids is 1. The van der Waals surface area contributed by atoms with Crippen LogP contribution >= 0.6 is 0 Å². The summed E-state index contributed by atoms with van der Waals surface area (Å²) in [5.74, 6) is 2.57. The van der Waals surface area contributed by atoms with Crippen LogP contribution in [0.15, 0.2) is 54.6 Å². The number of hydrogen-bond acceptors (Lipinski definition) is 3. The third-order valence-corrected chi connectivity index (χ3v) is 5.50. The van der Waals surface area contributed by atoms with E-state index >= 15 is 0 Å². The lowest BCUT2D eigenvalue weighted by molar-refractivity contribution is -0.124. The molecule has 3 atom stereocenters. The second kappa shape index (κ2) is 9.45. The first-order valence-electron chi connectivity index (χ1n) is 9.81. The lowest BCUT2D eigenvalue weighted by Gasteiger charge is -2.34. The molecule has 0 radical (unpaired) electrons. The van der Waals surface area contributed by atoms with Crippen LogP contribution in [-0.4, -0.2) is 18.6 Å². The lowest BCUT2D eigenvalue weighted by Crippen LogP contribution is -2.45. The van der Waals surface area contributed by atoms with Gasteiger partial charge in [-0.15, -0.1) is 0 Å². The van der Waals surface area contributed by atoms with E-state index in [0.29, 0.717) is 24.2 Å². The average molecular weight is 367 g/mol. The molecule has 27 heavy (non-hydrogen) atoms. The van der Waals surface area contributed by atoms with Gasteiger partial charge in [0.25, 0.3) is 5.91 Å². The van der Waals surface area contributed by atoms with Crippen molar-refractivity contribution in [3.63, 3.8) is 0 Å². The summed E-state index contributed by atoms with van der Waals surface area (Å²) in [6.07, 6.45) is 3.50. The third-order valence-electron chi connectivity index (χ3n) is 5.50. The molecular formula is C23H29NO3. The Kier molecular flexibility index (Phi) is 6.74. The highest BCUT2D eigenvalue weighted by Gasteiger charge is 2.28. The molecule has 0 aromatic heterocycles. The first-order valence-corrected chi connectivity index (χ1v) is 9.81. The molecule has 0 saturated heterocycles. The minimum absolute atomic E-state index is 0.0435. The highest BCUT2D eigenvalue weighted by Crippen LogP contribution is 2.29. The second-order valence-electron chi connectivity index (χ2n) is 7.48. The summed E-state index contributed by atoms with van der Waals surface area (Å²) < 4.78 is 11.4. The summed E-state index contributed by atoms with van der Waals surface area (Å²) in [7, 11) is 0. The van der Waals surface area contributed by atoms with E-state index in [1.807, 2.05) is 54.6 Å². The van der Waals surface area contributed by atoms with Gasteiger partial charge in [0.1, 0.15) is 18.1 Å². The SMILES string of the molecule is C[C@@H]1[C@H](C)CCC[C@@H]1NC(=O)COc1ccc(OCc2ccccc2)cc1. The molecule has 2 aromatic carbocycles. The normalized spacial score (nSPS) is 22.1. The highest BCUT2D eigenvalue weighted by molar-refractivity contribution is 5.77. The number of nitrogens with one attached hydrogen (secondary N) is 1. The maximum atomic E-state index is 12.2. The van der Waals surface area contributed by atoms with Crippen molar-refractivity contribution in [1.82, 2.24) is 5.32 Å². The highest BCUT2D eigenvalue weighted by atomic mass is 16.5. The van der Waals surface area contributed by atoms with Gasteiger partial charge in [-0.1, -0.05) is 57.0 Å². The molecule has 1 aliphatic rings. The van der Waals surface area contributed by atoms with Gasteiger partial charge in [-0.3, -0.25) is 4.79 Å². The van der Waals surface area contributed by atoms with Crippen LogP contribution in [0.5, 0.6) is 11.5 Å². The van der Waals surface area contributed by atoms with Crippen LogP contribution in [0.3, 0.4) is 0 Å². The predicted molar refractivity (Wildman–Crippen MR) is 107 cm³/mol. The van der Waals surface area contributed by atoms with Crippen molar-refractivity contribution in [2.75, 3.05) is 6.61 Å². The van der Waals surface area contributed by atoms with Gasteiger partial charge in [0.15, 0.2) is 6.61 Å². The summed E-state index contributed by atoms with van der Waals surface area (Å²) in [5.41, 5.74) is 1.13. The minimum atomic E-state index is -0.0506. The Balaban J connectivity index is 1.42. The summed E-state index contributed by atoms with van der Waals surface area (Å²) in [6.45, 7) is 5.06. The van der Waals surface area contributed by atoms with E-state index in [9.17, 15) is 4.79 Å². The zero-order chi connectivity index (χ0) is 19.1. The number of hydrogen-bond donors (Lipinski definition) is 1. The molecule has 0 heterocycles. The van der Waals surface area contributed by atoms with Crippen molar-refractivity contribution in [3.05, 3.63) is 60.2 Å². The van der Waals surface area contributed by atoms with Crippen molar-refractivity contribution in [3.8, 4) is 11.5 Å². The fourth-order valence-electron chi connectivity index (χ4n) is 3.56. The Hall–Kier alpha value is -2.49. The topological polar surface area (TPSA) is 47.6 Å². The molecule has 1 amide bonds. The maximum absolute atomic E-state index is 12.2. The van der Waals surface area contributed by atoms with E-state index in [0.717, 1.165) is 17.7 Å². The Bertz CT molecular complexity index is 714. The third kappa shape index (κ3) is 5.75. The molecule has 0 unspecified atom stereocenters. The predicted octanol–water partition coefficient (Wildman–Crippen LogP) is 4.59. The lowest BCUT2D eigenvalue weighted by atomic mass is 9.78. The standard InChI is InChI=1S/C23H29NO3/c1-17-7-6-10-22(18(17)2)24-23(25)16-27-21-13-11-20(12-14-21)26-15-19-8-4-3-5-9-19/h3-5,8-9,11-14,17-18,22H,6-7,10,15-16H2,1-2H3,(H,24,25)/t17-,18-,22+/m1/s1. The van der Waals surface area contributed by atoms with Gasteiger partial charge >= 0.3 is 0 Å². The average Bonchev–Trinajstić information content (AvgIpc) is 2.70. The Morgan fingerprint density at radius 1 is 0.963 bits per heavy atom. The first-order chi connectivity index (χ1) is 13.1. The van der Waals surface area contributed by atoms with Gasteiger partial charge in [-0.2, -0.15) is 0 Å². The van der Waals surface area contributed by atoms with E-state index in [4.69, 9.17) is 9.47 Å². The summed E-state index contributed by atoms with van der Waals surface area (Å²) in [4.78, 5) is 12.2. The van der Waals surface area contributed by atoms with E-state index in [1.54, 1.807) is 0 Å². The molecule has 4 nitrogen and oxygen atoms in total. The second-order valence-corrected chi connectivity index (χ2v) is 7.48. The molecule has 0 aliphatic heterocycles. The Morgan fingerprint density at radius 2 is 1.63 bits per heavy atom. The van der Waals surface area contributed by atoms with Gasteiger partial charge in [-0.05, 0) is 48.1 Å². The number of ether oxygens (including phenoxy) is 2. The van der Waals surface area contributed by atoms with Crippen molar-refractivity contribution < 1.29 is 14.3 Å². The largest absolute Gasteiger partial charge is 0.489 e. The van der Waals surface area contributed by atoms with Gasteiger partial charge in [0.2, 0.25) is 0 Å². The Morgan fingerprint density at radius 3 is 2.33 bits per heavy atom. The maximum Gasteiger partial charge on any atom is 0.258 e. The molecule has 1 fully saturated rings. The van der Waals surface area contributed by atoms with Gasteiger partial charge < -0.3 is 14.8 Å².